The molecular formula is C17H25ClO3Si2. The lowest BCUT2D eigenvalue weighted by Gasteiger charge is -2.19. The highest BCUT2D eigenvalue weighted by atomic mass is 35.6. The van der Waals surface area contributed by atoms with Crippen LogP contribution in [-0.4, -0.2) is 32.6 Å². The predicted molar refractivity (Wildman–Crippen MR) is 102 cm³/mol. The van der Waals surface area contributed by atoms with Crippen LogP contribution < -0.4 is 0 Å². The molecule has 0 amide bonds. The van der Waals surface area contributed by atoms with Crippen molar-refractivity contribution < 1.29 is 13.3 Å². The first-order chi connectivity index (χ1) is 11.0. The molecule has 0 heterocycles. The molecule has 6 heteroatoms. The Labute approximate surface area is 148 Å². The van der Waals surface area contributed by atoms with Crippen LogP contribution in [-0.2, 0) is 19.3 Å². The van der Waals surface area contributed by atoms with Crippen LogP contribution in [0.15, 0.2) is 60.7 Å². The Balaban J connectivity index is 0.000000238. The summed E-state index contributed by atoms with van der Waals surface area (Å²) in [6, 6.07) is 20.9. The molecule has 0 spiro atoms. The Hall–Kier alpha value is -0.956. The van der Waals surface area contributed by atoms with Gasteiger partial charge in [-0.25, -0.2) is 0 Å². The summed E-state index contributed by atoms with van der Waals surface area (Å²) in [6.07, 6.45) is 0.271. The molecule has 2 aromatic carbocycles. The molecule has 0 fully saturated rings. The van der Waals surface area contributed by atoms with E-state index in [2.05, 4.69) is 19.1 Å². The van der Waals surface area contributed by atoms with E-state index in [9.17, 15) is 0 Å². The highest BCUT2D eigenvalue weighted by molar-refractivity contribution is 7.12. The molecule has 2 rings (SSSR count). The minimum atomic E-state index is -2.47. The second-order valence-electron chi connectivity index (χ2n) is 5.02. The van der Waals surface area contributed by atoms with Crippen LogP contribution in [0.5, 0.6) is 0 Å². The summed E-state index contributed by atoms with van der Waals surface area (Å²) in [7, 11) is 1.52. The summed E-state index contributed by atoms with van der Waals surface area (Å²) in [5.41, 5.74) is 2.41. The van der Waals surface area contributed by atoms with Crippen molar-refractivity contribution in [3.05, 3.63) is 71.8 Å². The lowest BCUT2D eigenvalue weighted by molar-refractivity contribution is 0.251. The second-order valence-corrected chi connectivity index (χ2v) is 9.71. The van der Waals surface area contributed by atoms with E-state index in [0.717, 1.165) is 16.0 Å². The van der Waals surface area contributed by atoms with Gasteiger partial charge in [0.2, 0.25) is 0 Å². The third-order valence-corrected chi connectivity index (χ3v) is 7.57. The third kappa shape index (κ3) is 7.43. The van der Waals surface area contributed by atoms with Crippen molar-refractivity contribution in [2.75, 3.05) is 14.2 Å². The van der Waals surface area contributed by atoms with Gasteiger partial charge in [-0.3, -0.25) is 0 Å². The molecule has 2 aromatic rings. The van der Waals surface area contributed by atoms with E-state index in [1.807, 2.05) is 48.5 Å². The van der Waals surface area contributed by atoms with Gasteiger partial charge in [0.25, 0.3) is 0 Å². The molecule has 0 aliphatic heterocycles. The van der Waals surface area contributed by atoms with Crippen molar-refractivity contribution in [2.24, 2.45) is 0 Å². The summed E-state index contributed by atoms with van der Waals surface area (Å²) in [6.45, 7) is 2.07. The molecule has 0 radical (unpaired) electrons. The summed E-state index contributed by atoms with van der Waals surface area (Å²) in [4.78, 5) is 0. The summed E-state index contributed by atoms with van der Waals surface area (Å²) < 4.78 is 15.6. The van der Waals surface area contributed by atoms with Crippen molar-refractivity contribution in [3.63, 3.8) is 0 Å². The standard InChI is InChI=1S/C9H13ClO2Si.C8H12OSi/c1-11-13(10,12-2)8-9-6-4-3-5-7-9;1-7(9-10)8-5-3-2-4-6-8/h3-7H,8H2,1-2H3;2-7H,1,10H3. The average molecular weight is 369 g/mol. The zero-order valence-electron chi connectivity index (χ0n) is 14.2. The highest BCUT2D eigenvalue weighted by Gasteiger charge is 2.33. The smallest absolute Gasteiger partial charge is 0.421 e. The van der Waals surface area contributed by atoms with Crippen LogP contribution in [0, 0.1) is 0 Å². The fourth-order valence-electron chi connectivity index (χ4n) is 1.93. The summed E-state index contributed by atoms with van der Waals surface area (Å²) >= 11 is 6.14. The molecule has 0 saturated heterocycles. The van der Waals surface area contributed by atoms with Crippen LogP contribution in [0.3, 0.4) is 0 Å². The first kappa shape index (κ1) is 20.1. The first-order valence-corrected chi connectivity index (χ1v) is 11.3. The van der Waals surface area contributed by atoms with Crippen molar-refractivity contribution in [2.45, 2.75) is 19.1 Å². The van der Waals surface area contributed by atoms with Gasteiger partial charge < -0.3 is 13.3 Å². The lowest BCUT2D eigenvalue weighted by atomic mass is 10.1. The van der Waals surface area contributed by atoms with Gasteiger partial charge in [-0.2, -0.15) is 0 Å². The van der Waals surface area contributed by atoms with Gasteiger partial charge in [-0.05, 0) is 18.1 Å². The fourth-order valence-corrected chi connectivity index (χ4v) is 3.84. The van der Waals surface area contributed by atoms with Gasteiger partial charge in [0.1, 0.15) is 10.5 Å². The van der Waals surface area contributed by atoms with Crippen LogP contribution in [0.1, 0.15) is 24.2 Å². The molecule has 1 atom stereocenters. The third-order valence-electron chi connectivity index (χ3n) is 3.49. The number of rotatable bonds is 6. The number of hydrogen-bond donors (Lipinski definition) is 0. The maximum absolute atomic E-state index is 6.14. The van der Waals surface area contributed by atoms with Crippen LogP contribution in [0.2, 0.25) is 0 Å². The van der Waals surface area contributed by atoms with E-state index in [1.165, 1.54) is 5.56 Å². The monoisotopic (exact) mass is 368 g/mol. The topological polar surface area (TPSA) is 27.7 Å². The molecule has 0 N–H and O–H groups in total. The van der Waals surface area contributed by atoms with Gasteiger partial charge >= 0.3 is 7.87 Å². The molecule has 3 nitrogen and oxygen atoms in total. The van der Waals surface area contributed by atoms with E-state index >= 15 is 0 Å². The Kier molecular flexibility index (Phi) is 9.39. The molecular weight excluding hydrogens is 344 g/mol. The fraction of sp³-hybridized carbons (Fsp3) is 0.294. The Morgan fingerprint density at radius 2 is 1.43 bits per heavy atom. The van der Waals surface area contributed by atoms with E-state index < -0.39 is 7.87 Å². The Morgan fingerprint density at radius 1 is 0.957 bits per heavy atom. The normalized spacial score (nSPS) is 12.3. The Morgan fingerprint density at radius 3 is 1.87 bits per heavy atom. The van der Waals surface area contributed by atoms with Gasteiger partial charge in [0.15, 0.2) is 0 Å². The van der Waals surface area contributed by atoms with E-state index in [-0.39, 0.29) is 6.10 Å². The van der Waals surface area contributed by atoms with Crippen molar-refractivity contribution in [1.82, 2.24) is 0 Å². The molecule has 0 aliphatic carbocycles. The SMILES string of the molecule is CC(O[SiH3])c1ccccc1.CO[Si](Cl)(Cc1ccccc1)OC. The minimum Gasteiger partial charge on any atom is -0.421 e. The van der Waals surface area contributed by atoms with Gasteiger partial charge in [0.05, 0.1) is 6.10 Å². The van der Waals surface area contributed by atoms with Crippen LogP contribution in [0.4, 0.5) is 0 Å². The van der Waals surface area contributed by atoms with Crippen LogP contribution in [0.25, 0.3) is 0 Å². The number of halogens is 1. The number of hydrogen-bond acceptors (Lipinski definition) is 3. The van der Waals surface area contributed by atoms with Crippen LogP contribution >= 0.6 is 11.1 Å². The average Bonchev–Trinajstić information content (AvgIpc) is 2.63. The molecule has 0 bridgehead atoms. The summed E-state index contributed by atoms with van der Waals surface area (Å²) in [5.74, 6) is 0. The molecule has 0 aliphatic rings. The Bertz CT molecular complexity index is 536. The summed E-state index contributed by atoms with van der Waals surface area (Å²) in [5, 5.41) is 0. The zero-order valence-corrected chi connectivity index (χ0v) is 17.9. The molecule has 0 aromatic heterocycles. The maximum atomic E-state index is 6.14. The largest absolute Gasteiger partial charge is 0.447 e. The van der Waals surface area contributed by atoms with Gasteiger partial charge in [-0.1, -0.05) is 71.7 Å². The van der Waals surface area contributed by atoms with Crippen molar-refractivity contribution in [1.29, 1.82) is 0 Å². The van der Waals surface area contributed by atoms with E-state index in [0.29, 0.717) is 6.04 Å². The lowest BCUT2D eigenvalue weighted by Crippen LogP contribution is -2.36. The maximum Gasteiger partial charge on any atom is 0.447 e. The van der Waals surface area contributed by atoms with E-state index in [1.54, 1.807) is 14.2 Å². The molecule has 1 unspecified atom stereocenters. The van der Waals surface area contributed by atoms with Crippen molar-refractivity contribution in [3.8, 4) is 0 Å². The van der Waals surface area contributed by atoms with Gasteiger partial charge in [-0.15, -0.1) is 0 Å². The van der Waals surface area contributed by atoms with Gasteiger partial charge in [0, 0.05) is 20.3 Å². The number of benzene rings is 2. The molecule has 126 valence electrons. The highest BCUT2D eigenvalue weighted by Crippen LogP contribution is 2.17. The molecule has 0 saturated carbocycles. The first-order valence-electron chi connectivity index (χ1n) is 7.45. The second kappa shape index (κ2) is 10.8. The predicted octanol–water partition coefficient (Wildman–Crippen LogP) is 3.28. The molecule has 23 heavy (non-hydrogen) atoms. The minimum absolute atomic E-state index is 0.271. The van der Waals surface area contributed by atoms with Crippen molar-refractivity contribution >= 4 is 29.4 Å². The van der Waals surface area contributed by atoms with E-state index in [4.69, 9.17) is 24.4 Å². The zero-order chi connectivity index (χ0) is 17.1. The quantitative estimate of drug-likeness (QED) is 0.578.